The maximum atomic E-state index is 12.1. The van der Waals surface area contributed by atoms with Gasteiger partial charge in [0, 0.05) is 10.5 Å². The summed E-state index contributed by atoms with van der Waals surface area (Å²) in [5.74, 6) is -2.47. The number of pyridine rings is 1. The lowest BCUT2D eigenvalue weighted by Crippen LogP contribution is -2.24. The van der Waals surface area contributed by atoms with E-state index in [1.165, 1.54) is 11.8 Å². The van der Waals surface area contributed by atoms with Gasteiger partial charge in [-0.3, -0.25) is 4.79 Å². The van der Waals surface area contributed by atoms with Crippen molar-refractivity contribution in [2.24, 2.45) is 0 Å². The molecule has 0 unspecified atom stereocenters. The Labute approximate surface area is 154 Å². The molecule has 8 heteroatoms. The van der Waals surface area contributed by atoms with Crippen LogP contribution in [0.15, 0.2) is 34.0 Å². The average molecular weight is 376 g/mol. The molecular formula is C18H20N2O5S. The van der Waals surface area contributed by atoms with Gasteiger partial charge in [0.15, 0.2) is 0 Å². The number of rotatable bonds is 8. The molecule has 0 atom stereocenters. The van der Waals surface area contributed by atoms with E-state index >= 15 is 0 Å². The van der Waals surface area contributed by atoms with Gasteiger partial charge in [-0.05, 0) is 23.8 Å². The van der Waals surface area contributed by atoms with Crippen molar-refractivity contribution in [2.75, 3.05) is 11.5 Å². The number of benzene rings is 1. The summed E-state index contributed by atoms with van der Waals surface area (Å²) >= 11 is 1.50. The minimum atomic E-state index is -1.51. The van der Waals surface area contributed by atoms with E-state index in [0.29, 0.717) is 10.5 Å². The van der Waals surface area contributed by atoms with Gasteiger partial charge in [0.25, 0.3) is 5.56 Å². The van der Waals surface area contributed by atoms with Gasteiger partial charge < -0.3 is 20.9 Å². The van der Waals surface area contributed by atoms with E-state index in [4.69, 9.17) is 5.73 Å². The fourth-order valence-electron chi connectivity index (χ4n) is 2.65. The molecule has 0 amide bonds. The minimum absolute atomic E-state index is 0.162. The third-order valence-corrected chi connectivity index (χ3v) is 4.99. The summed E-state index contributed by atoms with van der Waals surface area (Å²) in [5.41, 5.74) is 3.93. The summed E-state index contributed by atoms with van der Waals surface area (Å²) in [4.78, 5) is 38.3. The summed E-state index contributed by atoms with van der Waals surface area (Å²) in [7, 11) is 0. The zero-order valence-electron chi connectivity index (χ0n) is 14.2. The molecule has 0 saturated heterocycles. The zero-order chi connectivity index (χ0) is 19.3. The molecule has 0 fully saturated rings. The van der Waals surface area contributed by atoms with Gasteiger partial charge in [-0.1, -0.05) is 38.0 Å². The van der Waals surface area contributed by atoms with Crippen molar-refractivity contribution in [1.29, 1.82) is 0 Å². The first kappa shape index (κ1) is 19.6. The van der Waals surface area contributed by atoms with Crippen molar-refractivity contribution in [1.82, 2.24) is 4.98 Å². The first-order valence-electron chi connectivity index (χ1n) is 8.13. The van der Waals surface area contributed by atoms with E-state index in [9.17, 15) is 24.6 Å². The molecule has 138 valence electrons. The molecule has 1 aromatic carbocycles. The van der Waals surface area contributed by atoms with Crippen LogP contribution in [0.25, 0.3) is 11.1 Å². The number of aromatic amines is 1. The molecule has 0 aliphatic rings. The maximum absolute atomic E-state index is 12.1. The van der Waals surface area contributed by atoms with Crippen LogP contribution in [0.2, 0.25) is 0 Å². The van der Waals surface area contributed by atoms with Gasteiger partial charge in [0.2, 0.25) is 0 Å². The average Bonchev–Trinajstić information content (AvgIpc) is 2.57. The van der Waals surface area contributed by atoms with Crippen LogP contribution in [0, 0.1) is 0 Å². The lowest BCUT2D eigenvalue weighted by molar-refractivity contribution is 0.0695. The Morgan fingerprint density at radius 2 is 1.77 bits per heavy atom. The Kier molecular flexibility index (Phi) is 6.46. The molecule has 1 heterocycles. The molecule has 0 aliphatic heterocycles. The standard InChI is InChI=1S/C18H20N2O5S/c1-2-3-6-9-26-11-8-5-4-7-10(11)12-13(17(22)23)15(19)20-16(21)14(12)18(24)25/h4-5,7-8H,2-3,6,9H2,1H3,(H,22,23)(H,24,25)(H3,19,20,21). The van der Waals surface area contributed by atoms with Crippen LogP contribution in [0.1, 0.15) is 46.9 Å². The molecule has 0 aliphatic carbocycles. The lowest BCUT2D eigenvalue weighted by atomic mass is 9.95. The number of carbonyl (C=O) groups is 2. The summed E-state index contributed by atoms with van der Waals surface area (Å²) < 4.78 is 0. The summed E-state index contributed by atoms with van der Waals surface area (Å²) in [6.07, 6.45) is 3.11. The Bertz CT molecular complexity index is 892. The second-order valence-electron chi connectivity index (χ2n) is 5.65. The van der Waals surface area contributed by atoms with E-state index in [1.807, 2.05) is 0 Å². The van der Waals surface area contributed by atoms with E-state index in [0.717, 1.165) is 25.0 Å². The Hall–Kier alpha value is -2.74. The molecule has 2 aromatic rings. The SMILES string of the molecule is CCCCCSc1ccccc1-c1c(C(=O)O)c(N)[nH]c(=O)c1C(=O)O. The zero-order valence-corrected chi connectivity index (χ0v) is 15.1. The van der Waals surface area contributed by atoms with Crippen LogP contribution in [0.4, 0.5) is 5.82 Å². The quantitative estimate of drug-likeness (QED) is 0.410. The predicted octanol–water partition coefficient (Wildman–Crippen LogP) is 3.30. The number of hydrogen-bond donors (Lipinski definition) is 4. The van der Waals surface area contributed by atoms with Crippen molar-refractivity contribution in [2.45, 2.75) is 31.1 Å². The maximum Gasteiger partial charge on any atom is 0.342 e. The highest BCUT2D eigenvalue weighted by Crippen LogP contribution is 2.36. The number of anilines is 1. The Balaban J connectivity index is 2.70. The number of nitrogens with two attached hydrogens (primary N) is 1. The highest BCUT2D eigenvalue weighted by Gasteiger charge is 2.27. The Morgan fingerprint density at radius 3 is 2.38 bits per heavy atom. The number of aromatic nitrogens is 1. The second-order valence-corrected chi connectivity index (χ2v) is 6.79. The number of carboxylic acid groups (broad SMARTS) is 2. The third-order valence-electron chi connectivity index (χ3n) is 3.83. The van der Waals surface area contributed by atoms with Crippen molar-refractivity contribution < 1.29 is 19.8 Å². The number of hydrogen-bond acceptors (Lipinski definition) is 5. The van der Waals surface area contributed by atoms with Crippen molar-refractivity contribution >= 4 is 29.5 Å². The van der Waals surface area contributed by atoms with Gasteiger partial charge in [-0.25, -0.2) is 9.59 Å². The van der Waals surface area contributed by atoms with E-state index < -0.39 is 28.6 Å². The van der Waals surface area contributed by atoms with Crippen LogP contribution in [-0.4, -0.2) is 32.9 Å². The molecule has 2 rings (SSSR count). The molecule has 0 bridgehead atoms. The molecular weight excluding hydrogens is 356 g/mol. The van der Waals surface area contributed by atoms with E-state index in [1.54, 1.807) is 24.3 Å². The largest absolute Gasteiger partial charge is 0.478 e. The van der Waals surface area contributed by atoms with Crippen molar-refractivity contribution in [3.05, 3.63) is 45.7 Å². The Morgan fingerprint density at radius 1 is 1.12 bits per heavy atom. The topological polar surface area (TPSA) is 133 Å². The molecule has 1 aromatic heterocycles. The monoisotopic (exact) mass is 376 g/mol. The summed E-state index contributed by atoms with van der Waals surface area (Å²) in [6, 6.07) is 6.83. The van der Waals surface area contributed by atoms with Crippen LogP contribution in [0.5, 0.6) is 0 Å². The van der Waals surface area contributed by atoms with E-state index in [2.05, 4.69) is 11.9 Å². The highest BCUT2D eigenvalue weighted by atomic mass is 32.2. The lowest BCUT2D eigenvalue weighted by Gasteiger charge is -2.15. The van der Waals surface area contributed by atoms with Gasteiger partial charge >= 0.3 is 11.9 Å². The number of unbranched alkanes of at least 4 members (excludes halogenated alkanes) is 2. The number of carboxylic acids is 2. The molecule has 5 N–H and O–H groups in total. The van der Waals surface area contributed by atoms with Crippen molar-refractivity contribution in [3.8, 4) is 11.1 Å². The second kappa shape index (κ2) is 8.57. The molecule has 0 spiro atoms. The van der Waals surface area contributed by atoms with Crippen LogP contribution < -0.4 is 11.3 Å². The molecule has 26 heavy (non-hydrogen) atoms. The fourth-order valence-corrected chi connectivity index (χ4v) is 3.72. The molecule has 0 saturated carbocycles. The van der Waals surface area contributed by atoms with Gasteiger partial charge in [-0.15, -0.1) is 11.8 Å². The third kappa shape index (κ3) is 4.08. The van der Waals surface area contributed by atoms with Gasteiger partial charge in [-0.2, -0.15) is 0 Å². The number of aromatic carboxylic acids is 2. The highest BCUT2D eigenvalue weighted by molar-refractivity contribution is 7.99. The number of H-pyrrole nitrogens is 1. The van der Waals surface area contributed by atoms with Gasteiger partial charge in [0.05, 0.1) is 0 Å². The fraction of sp³-hybridized carbons (Fsp3) is 0.278. The first-order chi connectivity index (χ1) is 12.4. The molecule has 0 radical (unpaired) electrons. The summed E-state index contributed by atoms with van der Waals surface area (Å²) in [5, 5.41) is 19.0. The van der Waals surface area contributed by atoms with E-state index in [-0.39, 0.29) is 11.4 Å². The first-order valence-corrected chi connectivity index (χ1v) is 9.11. The van der Waals surface area contributed by atoms with Gasteiger partial charge in [0.1, 0.15) is 16.9 Å². The number of nitrogens with one attached hydrogen (secondary N) is 1. The molecule has 7 nitrogen and oxygen atoms in total. The predicted molar refractivity (Wildman–Crippen MR) is 101 cm³/mol. The number of nitrogen functional groups attached to an aromatic ring is 1. The van der Waals surface area contributed by atoms with Crippen LogP contribution >= 0.6 is 11.8 Å². The minimum Gasteiger partial charge on any atom is -0.478 e. The van der Waals surface area contributed by atoms with Crippen LogP contribution in [0.3, 0.4) is 0 Å². The normalized spacial score (nSPS) is 10.7. The summed E-state index contributed by atoms with van der Waals surface area (Å²) in [6.45, 7) is 2.09. The van der Waals surface area contributed by atoms with Crippen LogP contribution in [-0.2, 0) is 0 Å². The smallest absolute Gasteiger partial charge is 0.342 e. The van der Waals surface area contributed by atoms with Crippen molar-refractivity contribution in [3.63, 3.8) is 0 Å². The number of thioether (sulfide) groups is 1.